The SMILES string of the molecule is CC(O)(Cc1ccc(I)cc1)c1cccc(C#N)c1. The molecule has 1 atom stereocenters. The van der Waals surface area contributed by atoms with E-state index < -0.39 is 5.60 Å². The van der Waals surface area contributed by atoms with Crippen LogP contribution in [0.4, 0.5) is 0 Å². The fraction of sp³-hybridized carbons (Fsp3) is 0.188. The summed E-state index contributed by atoms with van der Waals surface area (Å²) in [7, 11) is 0. The zero-order valence-electron chi connectivity index (χ0n) is 10.6. The van der Waals surface area contributed by atoms with Crippen LogP contribution in [0.1, 0.15) is 23.6 Å². The molecule has 2 aromatic rings. The number of nitrogens with zero attached hydrogens (tertiary/aromatic N) is 1. The number of hydrogen-bond acceptors (Lipinski definition) is 2. The molecule has 19 heavy (non-hydrogen) atoms. The lowest BCUT2D eigenvalue weighted by molar-refractivity contribution is 0.0576. The Morgan fingerprint density at radius 1 is 1.21 bits per heavy atom. The lowest BCUT2D eigenvalue weighted by Gasteiger charge is -2.24. The molecule has 0 heterocycles. The van der Waals surface area contributed by atoms with Crippen LogP contribution in [0.25, 0.3) is 0 Å². The van der Waals surface area contributed by atoms with Gasteiger partial charge in [0.05, 0.1) is 17.2 Å². The summed E-state index contributed by atoms with van der Waals surface area (Å²) in [5.41, 5.74) is 1.44. The van der Waals surface area contributed by atoms with E-state index in [-0.39, 0.29) is 0 Å². The van der Waals surface area contributed by atoms with Gasteiger partial charge in [-0.2, -0.15) is 5.26 Å². The van der Waals surface area contributed by atoms with E-state index in [4.69, 9.17) is 5.26 Å². The monoisotopic (exact) mass is 363 g/mol. The molecule has 0 radical (unpaired) electrons. The molecule has 0 spiro atoms. The summed E-state index contributed by atoms with van der Waals surface area (Å²) >= 11 is 2.26. The van der Waals surface area contributed by atoms with Gasteiger partial charge in [0.1, 0.15) is 0 Å². The zero-order chi connectivity index (χ0) is 13.9. The first-order chi connectivity index (χ1) is 9.01. The zero-order valence-corrected chi connectivity index (χ0v) is 12.8. The largest absolute Gasteiger partial charge is 0.385 e. The van der Waals surface area contributed by atoms with E-state index in [2.05, 4.69) is 28.7 Å². The van der Waals surface area contributed by atoms with Gasteiger partial charge >= 0.3 is 0 Å². The van der Waals surface area contributed by atoms with Crippen LogP contribution in [-0.2, 0) is 12.0 Å². The summed E-state index contributed by atoms with van der Waals surface area (Å²) in [5, 5.41) is 19.5. The summed E-state index contributed by atoms with van der Waals surface area (Å²) < 4.78 is 1.17. The van der Waals surface area contributed by atoms with Crippen molar-refractivity contribution in [3.8, 4) is 6.07 Å². The topological polar surface area (TPSA) is 44.0 Å². The van der Waals surface area contributed by atoms with Gasteiger partial charge in [0, 0.05) is 9.99 Å². The van der Waals surface area contributed by atoms with E-state index in [0.29, 0.717) is 12.0 Å². The van der Waals surface area contributed by atoms with Crippen molar-refractivity contribution in [3.63, 3.8) is 0 Å². The van der Waals surface area contributed by atoms with E-state index in [0.717, 1.165) is 11.1 Å². The van der Waals surface area contributed by atoms with Crippen LogP contribution in [-0.4, -0.2) is 5.11 Å². The second kappa shape index (κ2) is 5.72. The highest BCUT2D eigenvalue weighted by molar-refractivity contribution is 14.1. The number of hydrogen-bond donors (Lipinski definition) is 1. The highest BCUT2D eigenvalue weighted by atomic mass is 127. The van der Waals surface area contributed by atoms with Crippen LogP contribution in [0.15, 0.2) is 48.5 Å². The number of aliphatic hydroxyl groups is 1. The van der Waals surface area contributed by atoms with Gasteiger partial charge in [-0.15, -0.1) is 0 Å². The molecule has 0 fully saturated rings. The van der Waals surface area contributed by atoms with Crippen molar-refractivity contribution >= 4 is 22.6 Å². The molecular weight excluding hydrogens is 349 g/mol. The first-order valence-electron chi connectivity index (χ1n) is 5.99. The maximum atomic E-state index is 10.6. The first-order valence-corrected chi connectivity index (χ1v) is 7.06. The molecule has 3 heteroatoms. The fourth-order valence-corrected chi connectivity index (χ4v) is 2.39. The molecule has 0 aliphatic rings. The Labute approximate surface area is 126 Å². The third-order valence-electron chi connectivity index (χ3n) is 3.08. The molecule has 0 saturated carbocycles. The van der Waals surface area contributed by atoms with Crippen molar-refractivity contribution in [3.05, 3.63) is 68.8 Å². The van der Waals surface area contributed by atoms with Crippen molar-refractivity contribution in [2.24, 2.45) is 0 Å². The lowest BCUT2D eigenvalue weighted by atomic mass is 9.88. The number of rotatable bonds is 3. The van der Waals surface area contributed by atoms with Crippen molar-refractivity contribution in [2.75, 3.05) is 0 Å². The second-order valence-corrected chi connectivity index (χ2v) is 6.02. The summed E-state index contributed by atoms with van der Waals surface area (Å²) in [6, 6.07) is 17.3. The van der Waals surface area contributed by atoms with E-state index in [1.54, 1.807) is 25.1 Å². The predicted octanol–water partition coefficient (Wildman–Crippen LogP) is 3.61. The minimum Gasteiger partial charge on any atom is -0.385 e. The molecule has 2 rings (SSSR count). The van der Waals surface area contributed by atoms with E-state index >= 15 is 0 Å². The Morgan fingerprint density at radius 3 is 2.53 bits per heavy atom. The first kappa shape index (κ1) is 14.0. The number of benzene rings is 2. The van der Waals surface area contributed by atoms with Crippen LogP contribution >= 0.6 is 22.6 Å². The van der Waals surface area contributed by atoms with Crippen molar-refractivity contribution in [1.82, 2.24) is 0 Å². The molecule has 0 amide bonds. The third-order valence-corrected chi connectivity index (χ3v) is 3.79. The van der Waals surface area contributed by atoms with Crippen LogP contribution in [0.5, 0.6) is 0 Å². The summed E-state index contributed by atoms with van der Waals surface area (Å²) in [5.74, 6) is 0. The minimum atomic E-state index is -0.973. The Morgan fingerprint density at radius 2 is 1.89 bits per heavy atom. The molecule has 0 saturated heterocycles. The van der Waals surface area contributed by atoms with Gasteiger partial charge in [0.15, 0.2) is 0 Å². The van der Waals surface area contributed by atoms with Crippen LogP contribution in [0.2, 0.25) is 0 Å². The van der Waals surface area contributed by atoms with Crippen molar-refractivity contribution in [2.45, 2.75) is 18.9 Å². The quantitative estimate of drug-likeness (QED) is 0.847. The Balaban J connectivity index is 2.26. The van der Waals surface area contributed by atoms with E-state index in [1.165, 1.54) is 3.57 Å². The van der Waals surface area contributed by atoms with Gasteiger partial charge in [-0.25, -0.2) is 0 Å². The standard InChI is InChI=1S/C16H14INO/c1-16(19,10-12-5-7-15(17)8-6-12)14-4-2-3-13(9-14)11-18/h2-9,19H,10H2,1H3. The molecule has 0 bridgehead atoms. The Kier molecular flexibility index (Phi) is 4.23. The summed E-state index contributed by atoms with van der Waals surface area (Å²) in [6.07, 6.45) is 0.527. The second-order valence-electron chi connectivity index (χ2n) is 4.77. The highest BCUT2D eigenvalue weighted by Gasteiger charge is 2.23. The van der Waals surface area contributed by atoms with E-state index in [9.17, 15) is 5.11 Å². The van der Waals surface area contributed by atoms with Gasteiger partial charge in [-0.3, -0.25) is 0 Å². The van der Waals surface area contributed by atoms with Crippen molar-refractivity contribution in [1.29, 1.82) is 5.26 Å². The van der Waals surface area contributed by atoms with Gasteiger partial charge in [-0.05, 0) is 64.9 Å². The Bertz CT molecular complexity index is 611. The smallest absolute Gasteiger partial charge is 0.0991 e. The maximum absolute atomic E-state index is 10.6. The molecule has 2 aromatic carbocycles. The number of nitriles is 1. The van der Waals surface area contributed by atoms with Crippen LogP contribution in [0.3, 0.4) is 0 Å². The Hall–Kier alpha value is -1.38. The molecule has 0 aliphatic carbocycles. The molecular formula is C16H14INO. The predicted molar refractivity (Wildman–Crippen MR) is 83.6 cm³/mol. The van der Waals surface area contributed by atoms with Gasteiger partial charge in [-0.1, -0.05) is 24.3 Å². The molecule has 1 N–H and O–H groups in total. The van der Waals surface area contributed by atoms with Crippen LogP contribution in [0, 0.1) is 14.9 Å². The fourth-order valence-electron chi connectivity index (χ4n) is 2.03. The van der Waals surface area contributed by atoms with Gasteiger partial charge in [0.25, 0.3) is 0 Å². The number of halogens is 1. The minimum absolute atomic E-state index is 0.527. The van der Waals surface area contributed by atoms with Gasteiger partial charge < -0.3 is 5.11 Å². The molecule has 2 nitrogen and oxygen atoms in total. The summed E-state index contributed by atoms with van der Waals surface area (Å²) in [4.78, 5) is 0. The third kappa shape index (κ3) is 3.55. The average molecular weight is 363 g/mol. The lowest BCUT2D eigenvalue weighted by Crippen LogP contribution is -2.24. The van der Waals surface area contributed by atoms with Crippen molar-refractivity contribution < 1.29 is 5.11 Å². The van der Waals surface area contributed by atoms with E-state index in [1.807, 2.05) is 30.3 Å². The highest BCUT2D eigenvalue weighted by Crippen LogP contribution is 2.26. The van der Waals surface area contributed by atoms with Gasteiger partial charge in [0.2, 0.25) is 0 Å². The molecule has 1 unspecified atom stereocenters. The maximum Gasteiger partial charge on any atom is 0.0991 e. The van der Waals surface area contributed by atoms with Crippen LogP contribution < -0.4 is 0 Å². The normalized spacial score (nSPS) is 13.6. The molecule has 0 aliphatic heterocycles. The summed E-state index contributed by atoms with van der Waals surface area (Å²) in [6.45, 7) is 1.78. The molecule has 96 valence electrons. The average Bonchev–Trinajstić information content (AvgIpc) is 2.41. The molecule has 0 aromatic heterocycles.